The average molecular weight is 380 g/mol. The maximum atomic E-state index is 6.23. The molecule has 0 aliphatic carbocycles. The lowest BCUT2D eigenvalue weighted by Gasteiger charge is -2.21. The van der Waals surface area contributed by atoms with Gasteiger partial charge in [0.2, 0.25) is 0 Å². The average Bonchev–Trinajstić information content (AvgIpc) is 3.23. The van der Waals surface area contributed by atoms with Gasteiger partial charge in [0.15, 0.2) is 5.96 Å². The Hall–Kier alpha value is -1.72. The number of hydrogen-bond donors (Lipinski definition) is 1. The summed E-state index contributed by atoms with van der Waals surface area (Å²) in [5, 5.41) is 9.13. The number of hydrogen-bond acceptors (Lipinski definition) is 2. The van der Waals surface area contributed by atoms with Crippen LogP contribution in [0.1, 0.15) is 23.5 Å². The van der Waals surface area contributed by atoms with Crippen LogP contribution in [0, 0.1) is 0 Å². The van der Waals surface area contributed by atoms with E-state index in [0.29, 0.717) is 16.0 Å². The van der Waals surface area contributed by atoms with Crippen LogP contribution >= 0.6 is 23.2 Å². The van der Waals surface area contributed by atoms with Gasteiger partial charge in [-0.2, -0.15) is 5.10 Å². The van der Waals surface area contributed by atoms with E-state index >= 15 is 0 Å². The van der Waals surface area contributed by atoms with E-state index in [1.54, 1.807) is 0 Å². The zero-order valence-corrected chi connectivity index (χ0v) is 16.1. The largest absolute Gasteiger partial charge is 0.356 e. The van der Waals surface area contributed by atoms with Crippen LogP contribution < -0.4 is 5.32 Å². The number of rotatable bonds is 4. The lowest BCUT2D eigenvalue weighted by Crippen LogP contribution is -2.40. The standard InChI is InChI=1S/C18H23Cl2N5/c1-21-18(22-8-6-15-16(19)4-3-5-17(15)20)25-9-7-13(12-25)14-10-23-24(2)11-14/h3-5,10-11,13H,6-9,12H2,1-2H3,(H,21,22). The fourth-order valence-electron chi connectivity index (χ4n) is 3.28. The van der Waals surface area contributed by atoms with E-state index < -0.39 is 0 Å². The van der Waals surface area contributed by atoms with E-state index in [0.717, 1.165) is 44.0 Å². The molecule has 0 amide bonds. The van der Waals surface area contributed by atoms with Crippen molar-refractivity contribution >= 4 is 29.2 Å². The van der Waals surface area contributed by atoms with Crippen molar-refractivity contribution in [2.45, 2.75) is 18.8 Å². The molecule has 1 aliphatic heterocycles. The maximum absolute atomic E-state index is 6.23. The third kappa shape index (κ3) is 4.28. The number of halogens is 2. The second-order valence-electron chi connectivity index (χ2n) is 6.30. The molecule has 25 heavy (non-hydrogen) atoms. The van der Waals surface area contributed by atoms with Crippen molar-refractivity contribution in [3.8, 4) is 0 Å². The number of aromatic nitrogens is 2. The first-order valence-electron chi connectivity index (χ1n) is 8.45. The molecule has 2 aromatic rings. The Balaban J connectivity index is 1.55. The number of aliphatic imine (C=N–C) groups is 1. The predicted molar refractivity (Wildman–Crippen MR) is 104 cm³/mol. The highest BCUT2D eigenvalue weighted by Crippen LogP contribution is 2.27. The molecule has 134 valence electrons. The molecular formula is C18H23Cl2N5. The summed E-state index contributed by atoms with van der Waals surface area (Å²) in [7, 11) is 3.78. The first-order valence-corrected chi connectivity index (χ1v) is 9.21. The molecule has 1 atom stereocenters. The molecule has 0 bridgehead atoms. The Labute approximate surface area is 158 Å². The summed E-state index contributed by atoms with van der Waals surface area (Å²) in [6.45, 7) is 2.69. The van der Waals surface area contributed by atoms with E-state index in [4.69, 9.17) is 23.2 Å². The minimum absolute atomic E-state index is 0.505. The lowest BCUT2D eigenvalue weighted by atomic mass is 10.0. The third-order valence-corrected chi connectivity index (χ3v) is 5.32. The second-order valence-corrected chi connectivity index (χ2v) is 7.12. The van der Waals surface area contributed by atoms with Gasteiger partial charge in [0.25, 0.3) is 0 Å². The number of nitrogens with one attached hydrogen (secondary N) is 1. The molecule has 3 rings (SSSR count). The van der Waals surface area contributed by atoms with Crippen LogP contribution in [0.25, 0.3) is 0 Å². The van der Waals surface area contributed by atoms with Gasteiger partial charge in [0.1, 0.15) is 0 Å². The van der Waals surface area contributed by atoms with Crippen LogP contribution in [0.15, 0.2) is 35.6 Å². The molecule has 7 heteroatoms. The monoisotopic (exact) mass is 379 g/mol. The quantitative estimate of drug-likeness (QED) is 0.654. The van der Waals surface area contributed by atoms with Gasteiger partial charge < -0.3 is 10.2 Å². The van der Waals surface area contributed by atoms with Crippen molar-refractivity contribution in [1.82, 2.24) is 20.0 Å². The van der Waals surface area contributed by atoms with Gasteiger partial charge in [0.05, 0.1) is 6.20 Å². The summed E-state index contributed by atoms with van der Waals surface area (Å²) >= 11 is 12.5. The number of nitrogens with zero attached hydrogens (tertiary/aromatic N) is 4. The molecule has 1 unspecified atom stereocenters. The molecule has 1 aromatic carbocycles. The van der Waals surface area contributed by atoms with Crippen molar-refractivity contribution in [3.63, 3.8) is 0 Å². The molecule has 1 N–H and O–H groups in total. The van der Waals surface area contributed by atoms with Crippen LogP contribution in [-0.2, 0) is 13.5 Å². The van der Waals surface area contributed by atoms with Gasteiger partial charge in [-0.1, -0.05) is 29.3 Å². The Bertz CT molecular complexity index is 735. The Morgan fingerprint density at radius 2 is 2.12 bits per heavy atom. The van der Waals surface area contributed by atoms with Gasteiger partial charge in [-0.05, 0) is 36.1 Å². The van der Waals surface area contributed by atoms with Gasteiger partial charge in [-0.3, -0.25) is 9.67 Å². The molecule has 5 nitrogen and oxygen atoms in total. The van der Waals surface area contributed by atoms with E-state index in [2.05, 4.69) is 26.5 Å². The van der Waals surface area contributed by atoms with E-state index in [1.807, 2.05) is 43.2 Å². The SMILES string of the molecule is CN=C(NCCc1c(Cl)cccc1Cl)N1CCC(c2cnn(C)c2)C1. The molecule has 0 radical (unpaired) electrons. The Kier molecular flexibility index (Phi) is 5.86. The number of guanidine groups is 1. The molecule has 1 saturated heterocycles. The van der Waals surface area contributed by atoms with E-state index in [1.165, 1.54) is 5.56 Å². The maximum Gasteiger partial charge on any atom is 0.193 e. The van der Waals surface area contributed by atoms with E-state index in [9.17, 15) is 0 Å². The second kappa shape index (κ2) is 8.11. The van der Waals surface area contributed by atoms with Crippen molar-refractivity contribution in [3.05, 3.63) is 51.8 Å². The highest BCUT2D eigenvalue weighted by atomic mass is 35.5. The Morgan fingerprint density at radius 1 is 1.36 bits per heavy atom. The first-order chi connectivity index (χ1) is 12.1. The lowest BCUT2D eigenvalue weighted by molar-refractivity contribution is 0.486. The topological polar surface area (TPSA) is 45.5 Å². The van der Waals surface area contributed by atoms with Crippen molar-refractivity contribution in [1.29, 1.82) is 0 Å². The van der Waals surface area contributed by atoms with E-state index in [-0.39, 0.29) is 0 Å². The zero-order valence-electron chi connectivity index (χ0n) is 14.5. The molecule has 2 heterocycles. The fourth-order valence-corrected chi connectivity index (χ4v) is 3.86. The van der Waals surface area contributed by atoms with Crippen molar-refractivity contribution < 1.29 is 0 Å². The first kappa shape index (κ1) is 18.1. The summed E-state index contributed by atoms with van der Waals surface area (Å²) in [6.07, 6.45) is 5.94. The summed E-state index contributed by atoms with van der Waals surface area (Å²) in [5.41, 5.74) is 2.27. The number of benzene rings is 1. The fraction of sp³-hybridized carbons (Fsp3) is 0.444. The normalized spacial score (nSPS) is 18.0. The van der Waals surface area contributed by atoms with Gasteiger partial charge in [0, 0.05) is 55.9 Å². The molecule has 0 saturated carbocycles. The van der Waals surface area contributed by atoms with Crippen molar-refractivity contribution in [2.75, 3.05) is 26.7 Å². The molecule has 1 aromatic heterocycles. The zero-order chi connectivity index (χ0) is 17.8. The van der Waals surface area contributed by atoms with Crippen LogP contribution in [0.3, 0.4) is 0 Å². The summed E-state index contributed by atoms with van der Waals surface area (Å²) in [4.78, 5) is 6.72. The molecular weight excluding hydrogens is 357 g/mol. The number of likely N-dealkylation sites (tertiary alicyclic amines) is 1. The number of aryl methyl sites for hydroxylation is 1. The summed E-state index contributed by atoms with van der Waals surface area (Å²) in [6, 6.07) is 5.61. The highest BCUT2D eigenvalue weighted by Gasteiger charge is 2.26. The molecule has 1 fully saturated rings. The minimum Gasteiger partial charge on any atom is -0.356 e. The van der Waals surface area contributed by atoms with Crippen molar-refractivity contribution in [2.24, 2.45) is 12.0 Å². The van der Waals surface area contributed by atoms with Crippen LogP contribution in [0.4, 0.5) is 0 Å². The van der Waals surface area contributed by atoms with Crippen LogP contribution in [0.5, 0.6) is 0 Å². The minimum atomic E-state index is 0.505. The molecule has 1 aliphatic rings. The summed E-state index contributed by atoms with van der Waals surface area (Å²) in [5.74, 6) is 1.43. The van der Waals surface area contributed by atoms with Gasteiger partial charge in [-0.25, -0.2) is 0 Å². The van der Waals surface area contributed by atoms with Crippen LogP contribution in [0.2, 0.25) is 10.0 Å². The smallest absolute Gasteiger partial charge is 0.193 e. The summed E-state index contributed by atoms with van der Waals surface area (Å²) < 4.78 is 1.86. The van der Waals surface area contributed by atoms with Gasteiger partial charge >= 0.3 is 0 Å². The van der Waals surface area contributed by atoms with Gasteiger partial charge in [-0.15, -0.1) is 0 Å². The Morgan fingerprint density at radius 3 is 2.76 bits per heavy atom. The predicted octanol–water partition coefficient (Wildman–Crippen LogP) is 3.33. The van der Waals surface area contributed by atoms with Crippen LogP contribution in [-0.4, -0.2) is 47.3 Å². The third-order valence-electron chi connectivity index (χ3n) is 4.62. The molecule has 0 spiro atoms. The highest BCUT2D eigenvalue weighted by molar-refractivity contribution is 6.35.